The zero-order chi connectivity index (χ0) is 18.0. The first-order valence-electron chi connectivity index (χ1n) is 8.29. The highest BCUT2D eigenvalue weighted by Gasteiger charge is 2.37. The molecule has 0 spiro atoms. The van der Waals surface area contributed by atoms with E-state index in [9.17, 15) is 9.59 Å². The van der Waals surface area contributed by atoms with Crippen LogP contribution in [0.1, 0.15) is 42.4 Å². The lowest BCUT2D eigenvalue weighted by Gasteiger charge is -2.21. The first-order chi connectivity index (χ1) is 11.9. The number of anilines is 1. The molecule has 0 aliphatic heterocycles. The van der Waals surface area contributed by atoms with E-state index < -0.39 is 5.54 Å². The second kappa shape index (κ2) is 7.23. The highest BCUT2D eigenvalue weighted by molar-refractivity contribution is 7.18. The quantitative estimate of drug-likeness (QED) is 0.745. The molecule has 2 heterocycles. The normalized spacial score (nSPS) is 16.0. The van der Waals surface area contributed by atoms with Gasteiger partial charge in [0.05, 0.1) is 22.7 Å². The number of nitrogens with one attached hydrogen (secondary N) is 2. The Hall–Kier alpha value is -1.77. The van der Waals surface area contributed by atoms with Crippen LogP contribution in [0.15, 0.2) is 12.1 Å². The molecule has 134 valence electrons. The van der Waals surface area contributed by atoms with E-state index >= 15 is 0 Å². The first kappa shape index (κ1) is 18.0. The summed E-state index contributed by atoms with van der Waals surface area (Å²) >= 11 is 3.05. The van der Waals surface area contributed by atoms with E-state index in [1.54, 1.807) is 11.3 Å². The van der Waals surface area contributed by atoms with E-state index in [2.05, 4.69) is 15.6 Å². The van der Waals surface area contributed by atoms with Crippen molar-refractivity contribution in [2.24, 2.45) is 5.73 Å². The second-order valence-electron chi connectivity index (χ2n) is 6.42. The average molecular weight is 379 g/mol. The van der Waals surface area contributed by atoms with E-state index in [-0.39, 0.29) is 11.8 Å². The third-order valence-corrected chi connectivity index (χ3v) is 6.35. The van der Waals surface area contributed by atoms with Gasteiger partial charge >= 0.3 is 0 Å². The summed E-state index contributed by atoms with van der Waals surface area (Å²) in [5, 5.41) is 6.27. The Morgan fingerprint density at radius 3 is 2.68 bits per heavy atom. The second-order valence-corrected chi connectivity index (χ2v) is 8.79. The number of amides is 2. The summed E-state index contributed by atoms with van der Waals surface area (Å²) < 4.78 is 0. The van der Waals surface area contributed by atoms with E-state index in [1.165, 1.54) is 18.3 Å². The lowest BCUT2D eigenvalue weighted by Crippen LogP contribution is -2.48. The minimum absolute atomic E-state index is 0.0487. The summed E-state index contributed by atoms with van der Waals surface area (Å²) in [6, 6.07) is 3.98. The zero-order valence-corrected chi connectivity index (χ0v) is 16.0. The lowest BCUT2D eigenvalue weighted by molar-refractivity contribution is -0.121. The Kier molecular flexibility index (Phi) is 5.21. The van der Waals surface area contributed by atoms with Gasteiger partial charge in [0.15, 0.2) is 5.13 Å². The molecule has 2 amide bonds. The Morgan fingerprint density at radius 2 is 2.00 bits per heavy atom. The van der Waals surface area contributed by atoms with Gasteiger partial charge in [-0.1, -0.05) is 12.8 Å². The molecule has 0 aromatic carbocycles. The highest BCUT2D eigenvalue weighted by Crippen LogP contribution is 2.35. The molecule has 0 saturated heterocycles. The van der Waals surface area contributed by atoms with Crippen LogP contribution in [0.5, 0.6) is 0 Å². The fraction of sp³-hybridized carbons (Fsp3) is 0.471. The molecule has 3 rings (SSSR count). The van der Waals surface area contributed by atoms with Crippen molar-refractivity contribution in [3.05, 3.63) is 21.9 Å². The molecule has 0 atom stereocenters. The van der Waals surface area contributed by atoms with E-state index in [4.69, 9.17) is 5.73 Å². The van der Waals surface area contributed by atoms with Gasteiger partial charge < -0.3 is 16.4 Å². The molecule has 1 aliphatic rings. The summed E-state index contributed by atoms with van der Waals surface area (Å²) in [6.07, 6.45) is 3.46. The molecule has 6 nitrogen and oxygen atoms in total. The van der Waals surface area contributed by atoms with Crippen molar-refractivity contribution in [3.8, 4) is 10.6 Å². The molecule has 2 aromatic heterocycles. The van der Waals surface area contributed by atoms with Crippen LogP contribution in [0.4, 0.5) is 5.13 Å². The van der Waals surface area contributed by atoms with Gasteiger partial charge in [0.25, 0.3) is 0 Å². The largest absolute Gasteiger partial charge is 0.351 e. The Morgan fingerprint density at radius 1 is 1.28 bits per heavy atom. The number of nitrogens with two attached hydrogens (primary N) is 1. The minimum Gasteiger partial charge on any atom is -0.351 e. The Labute approximate surface area is 154 Å². The number of hydrogen-bond acceptors (Lipinski definition) is 6. The number of nitrogens with zero attached hydrogens (tertiary/aromatic N) is 1. The summed E-state index contributed by atoms with van der Waals surface area (Å²) in [5.41, 5.74) is 6.32. The van der Waals surface area contributed by atoms with Gasteiger partial charge in [0.2, 0.25) is 11.8 Å². The van der Waals surface area contributed by atoms with Crippen molar-refractivity contribution in [2.75, 3.05) is 5.32 Å². The topological polar surface area (TPSA) is 97.1 Å². The maximum absolute atomic E-state index is 12.4. The van der Waals surface area contributed by atoms with Crippen LogP contribution in [-0.2, 0) is 16.1 Å². The molecule has 1 saturated carbocycles. The van der Waals surface area contributed by atoms with Gasteiger partial charge in [0, 0.05) is 16.7 Å². The molecule has 8 heteroatoms. The Bertz CT molecular complexity index is 790. The maximum atomic E-state index is 12.4. The van der Waals surface area contributed by atoms with Crippen molar-refractivity contribution in [2.45, 2.75) is 51.6 Å². The molecular formula is C17H22N4O2S2. The van der Waals surface area contributed by atoms with Gasteiger partial charge in [-0.25, -0.2) is 4.98 Å². The van der Waals surface area contributed by atoms with Gasteiger partial charge in [-0.05, 0) is 31.9 Å². The summed E-state index contributed by atoms with van der Waals surface area (Å²) in [5.74, 6) is -0.185. The SMILES string of the molecule is CC(=O)NCc1ccc(-c2nc(NC(=O)C3(N)CCCC3)sc2C)s1. The molecule has 25 heavy (non-hydrogen) atoms. The zero-order valence-electron chi connectivity index (χ0n) is 14.3. The highest BCUT2D eigenvalue weighted by atomic mass is 32.1. The molecule has 0 unspecified atom stereocenters. The summed E-state index contributed by atoms with van der Waals surface area (Å²) in [6.45, 7) is 4.01. The Balaban J connectivity index is 1.72. The number of carbonyl (C=O) groups excluding carboxylic acids is 2. The molecule has 0 radical (unpaired) electrons. The third-order valence-electron chi connectivity index (χ3n) is 4.37. The molecule has 4 N–H and O–H groups in total. The van der Waals surface area contributed by atoms with Crippen molar-refractivity contribution >= 4 is 39.6 Å². The van der Waals surface area contributed by atoms with Gasteiger partial charge in [-0.15, -0.1) is 22.7 Å². The summed E-state index contributed by atoms with van der Waals surface area (Å²) in [4.78, 5) is 31.2. The number of carbonyl (C=O) groups is 2. The van der Waals surface area contributed by atoms with Crippen molar-refractivity contribution in [3.63, 3.8) is 0 Å². The number of rotatable bonds is 5. The minimum atomic E-state index is -0.756. The van der Waals surface area contributed by atoms with Crippen LogP contribution in [0, 0.1) is 6.92 Å². The molecular weight excluding hydrogens is 356 g/mol. The first-order valence-corrected chi connectivity index (χ1v) is 9.92. The fourth-order valence-corrected chi connectivity index (χ4v) is 4.83. The van der Waals surface area contributed by atoms with E-state index in [1.807, 2.05) is 19.1 Å². The molecule has 2 aromatic rings. The van der Waals surface area contributed by atoms with Crippen LogP contribution in [-0.4, -0.2) is 22.3 Å². The molecule has 0 bridgehead atoms. The van der Waals surface area contributed by atoms with Crippen LogP contribution in [0.25, 0.3) is 10.6 Å². The van der Waals surface area contributed by atoms with Crippen LogP contribution in [0.2, 0.25) is 0 Å². The smallest absolute Gasteiger partial charge is 0.246 e. The molecule has 1 fully saturated rings. The average Bonchev–Trinajstić information content (AvgIpc) is 3.26. The van der Waals surface area contributed by atoms with Crippen molar-refractivity contribution in [1.82, 2.24) is 10.3 Å². The van der Waals surface area contributed by atoms with Crippen LogP contribution in [0.3, 0.4) is 0 Å². The number of aromatic nitrogens is 1. The van der Waals surface area contributed by atoms with Gasteiger partial charge in [0.1, 0.15) is 0 Å². The predicted octanol–water partition coefficient (Wildman–Crippen LogP) is 3.03. The number of hydrogen-bond donors (Lipinski definition) is 3. The lowest BCUT2D eigenvalue weighted by atomic mass is 9.98. The van der Waals surface area contributed by atoms with Gasteiger partial charge in [-0.2, -0.15) is 0 Å². The number of aryl methyl sites for hydroxylation is 1. The van der Waals surface area contributed by atoms with E-state index in [0.29, 0.717) is 11.7 Å². The predicted molar refractivity (Wildman–Crippen MR) is 102 cm³/mol. The monoisotopic (exact) mass is 378 g/mol. The number of thiophene rings is 1. The summed E-state index contributed by atoms with van der Waals surface area (Å²) in [7, 11) is 0. The molecule has 1 aliphatic carbocycles. The van der Waals surface area contributed by atoms with E-state index in [0.717, 1.165) is 46.0 Å². The van der Waals surface area contributed by atoms with Crippen molar-refractivity contribution < 1.29 is 9.59 Å². The standard InChI is InChI=1S/C17H22N4O2S2/c1-10-14(13-6-5-12(25-13)9-19-11(2)22)20-16(24-10)21-15(23)17(18)7-3-4-8-17/h5-6H,3-4,7-9,18H2,1-2H3,(H,19,22)(H,20,21,23). The number of thiazole rings is 1. The fourth-order valence-electron chi connectivity index (χ4n) is 2.94. The maximum Gasteiger partial charge on any atom is 0.246 e. The van der Waals surface area contributed by atoms with Crippen LogP contribution < -0.4 is 16.4 Å². The van der Waals surface area contributed by atoms with Crippen LogP contribution >= 0.6 is 22.7 Å². The third kappa shape index (κ3) is 4.08. The van der Waals surface area contributed by atoms with Gasteiger partial charge in [-0.3, -0.25) is 9.59 Å². The van der Waals surface area contributed by atoms with Crippen molar-refractivity contribution in [1.29, 1.82) is 0 Å².